The molecular weight excluding hydrogens is 404 g/mol. The molecule has 0 aliphatic heterocycles. The third kappa shape index (κ3) is 4.18. The molecule has 1 aromatic carbocycles. The smallest absolute Gasteiger partial charge is 0.176 e. The first-order valence-electron chi connectivity index (χ1n) is 8.86. The van der Waals surface area contributed by atoms with Gasteiger partial charge in [-0.05, 0) is 47.9 Å². The summed E-state index contributed by atoms with van der Waals surface area (Å²) in [7, 11) is 1.63. The van der Waals surface area contributed by atoms with Crippen molar-refractivity contribution in [1.29, 1.82) is 0 Å². The number of rotatable bonds is 7. The molecule has 0 fully saturated rings. The molecule has 5 nitrogen and oxygen atoms in total. The van der Waals surface area contributed by atoms with Crippen molar-refractivity contribution >= 4 is 22.9 Å². The van der Waals surface area contributed by atoms with Gasteiger partial charge in [0.25, 0.3) is 0 Å². The average molecular weight is 423 g/mol. The molecule has 8 heteroatoms. The van der Waals surface area contributed by atoms with E-state index in [9.17, 15) is 8.78 Å². The van der Waals surface area contributed by atoms with Crippen molar-refractivity contribution in [3.8, 4) is 11.4 Å². The number of hydrogen-bond donors (Lipinski definition) is 1. The molecule has 0 aliphatic rings. The number of halogens is 2. The third-order valence-corrected chi connectivity index (χ3v) is 5.00. The highest BCUT2D eigenvalue weighted by Gasteiger charge is 2.21. The minimum atomic E-state index is -0.571. The van der Waals surface area contributed by atoms with Gasteiger partial charge in [-0.1, -0.05) is 31.4 Å². The van der Waals surface area contributed by atoms with Crippen LogP contribution in [-0.4, -0.2) is 26.3 Å². The second kappa shape index (κ2) is 9.23. The van der Waals surface area contributed by atoms with Crippen LogP contribution in [0.1, 0.15) is 10.7 Å². The van der Waals surface area contributed by atoms with E-state index >= 15 is 0 Å². The first-order valence-corrected chi connectivity index (χ1v) is 9.63. The van der Waals surface area contributed by atoms with Crippen LogP contribution in [0.2, 0.25) is 0 Å². The first-order chi connectivity index (χ1) is 14.5. The summed E-state index contributed by atoms with van der Waals surface area (Å²) in [4.78, 5) is 10.3. The Bertz CT molecular complexity index is 1140. The Balaban J connectivity index is 2.17. The normalized spacial score (nSPS) is 12.6. The third-order valence-electron chi connectivity index (χ3n) is 4.25. The van der Waals surface area contributed by atoms with Gasteiger partial charge in [0.15, 0.2) is 10.8 Å². The van der Waals surface area contributed by atoms with Crippen LogP contribution in [0, 0.1) is 5.82 Å². The number of pyridine rings is 1. The van der Waals surface area contributed by atoms with Crippen LogP contribution in [0.4, 0.5) is 8.78 Å². The maximum Gasteiger partial charge on any atom is 0.176 e. The highest BCUT2D eigenvalue weighted by atomic mass is 32.1. The lowest BCUT2D eigenvalue weighted by Crippen LogP contribution is -2.20. The summed E-state index contributed by atoms with van der Waals surface area (Å²) >= 11 is 1.01. The molecule has 3 aromatic rings. The van der Waals surface area contributed by atoms with Crippen LogP contribution in [0.15, 0.2) is 85.5 Å². The fourth-order valence-corrected chi connectivity index (χ4v) is 3.43. The number of likely N-dealkylation sites (N-methyl/N-ethyl adjacent to an activating group) is 1. The van der Waals surface area contributed by atoms with E-state index < -0.39 is 11.6 Å². The fraction of sp³-hybridized carbons (Fsp3) is 0.0455. The molecule has 2 aromatic heterocycles. The van der Waals surface area contributed by atoms with E-state index in [1.807, 2.05) is 0 Å². The summed E-state index contributed by atoms with van der Waals surface area (Å²) in [5.74, 6) is -0.787. The molecule has 2 heterocycles. The molecule has 0 spiro atoms. The summed E-state index contributed by atoms with van der Waals surface area (Å²) in [5, 5.41) is 0.350. The molecule has 0 radical (unpaired) electrons. The van der Waals surface area contributed by atoms with Crippen LogP contribution < -0.4 is 5.73 Å². The topological polar surface area (TPSA) is 67.9 Å². The van der Waals surface area contributed by atoms with Gasteiger partial charge in [-0.2, -0.15) is 4.37 Å². The lowest BCUT2D eigenvalue weighted by molar-refractivity contribution is 0.556. The molecule has 0 amide bonds. The highest BCUT2D eigenvalue weighted by molar-refractivity contribution is 7.06. The van der Waals surface area contributed by atoms with Gasteiger partial charge in [-0.3, -0.25) is 4.98 Å². The number of aromatic nitrogens is 3. The maximum atomic E-state index is 14.4. The SMILES string of the molecule is C=C/C(F)=C(\C=C)N(C)/C(=C(\N)c1nc(-c2ccccc2F)ns1)c1ccccn1. The maximum absolute atomic E-state index is 14.4. The van der Waals surface area contributed by atoms with Crippen LogP contribution in [0.5, 0.6) is 0 Å². The van der Waals surface area contributed by atoms with Gasteiger partial charge in [-0.25, -0.2) is 13.8 Å². The number of nitrogens with two attached hydrogens (primary N) is 1. The van der Waals surface area contributed by atoms with Crippen LogP contribution in [0.3, 0.4) is 0 Å². The second-order valence-corrected chi connectivity index (χ2v) is 6.83. The zero-order chi connectivity index (χ0) is 21.7. The predicted octanol–water partition coefficient (Wildman–Crippen LogP) is 5.01. The summed E-state index contributed by atoms with van der Waals surface area (Å²) in [6.45, 7) is 7.14. The van der Waals surface area contributed by atoms with Gasteiger partial charge in [0.05, 0.1) is 28.3 Å². The minimum absolute atomic E-state index is 0.160. The van der Waals surface area contributed by atoms with E-state index in [4.69, 9.17) is 5.73 Å². The zero-order valence-electron chi connectivity index (χ0n) is 16.2. The van der Waals surface area contributed by atoms with Crippen molar-refractivity contribution in [2.75, 3.05) is 7.05 Å². The van der Waals surface area contributed by atoms with Crippen molar-refractivity contribution in [2.45, 2.75) is 0 Å². The first kappa shape index (κ1) is 21.1. The number of allylic oxidation sites excluding steroid dienone is 3. The van der Waals surface area contributed by atoms with Crippen LogP contribution in [0.25, 0.3) is 22.8 Å². The van der Waals surface area contributed by atoms with Crippen molar-refractivity contribution in [3.63, 3.8) is 0 Å². The summed E-state index contributed by atoms with van der Waals surface area (Å²) in [5.41, 5.74) is 7.98. The lowest BCUT2D eigenvalue weighted by atomic mass is 10.1. The van der Waals surface area contributed by atoms with E-state index in [1.165, 1.54) is 17.0 Å². The quantitative estimate of drug-likeness (QED) is 0.541. The van der Waals surface area contributed by atoms with Gasteiger partial charge in [0, 0.05) is 13.2 Å². The van der Waals surface area contributed by atoms with E-state index in [0.29, 0.717) is 16.4 Å². The summed E-state index contributed by atoms with van der Waals surface area (Å²) < 4.78 is 32.7. The molecule has 3 rings (SSSR count). The average Bonchev–Trinajstić information content (AvgIpc) is 3.25. The standard InChI is InChI=1S/C22H19F2N5S/c1-4-15(23)18(5-2)29(3)20(17-12-8-9-13-26-17)19(25)22-27-21(28-30-22)14-10-6-7-11-16(14)24/h4-13H,1-2,25H2,3H3/b18-15-,20-19-. The molecule has 0 saturated heterocycles. The summed E-state index contributed by atoms with van der Waals surface area (Å²) in [6, 6.07) is 11.5. The Kier molecular flexibility index (Phi) is 6.48. The molecule has 152 valence electrons. The molecular formula is C22H19F2N5S. The number of benzene rings is 1. The van der Waals surface area contributed by atoms with Crippen molar-refractivity contribution in [2.24, 2.45) is 5.73 Å². The molecule has 0 saturated carbocycles. The monoisotopic (exact) mass is 423 g/mol. The van der Waals surface area contributed by atoms with Crippen molar-refractivity contribution in [1.82, 2.24) is 19.2 Å². The Hall–Kier alpha value is -3.65. The van der Waals surface area contributed by atoms with E-state index in [0.717, 1.165) is 17.6 Å². The van der Waals surface area contributed by atoms with Crippen LogP contribution >= 0.6 is 11.5 Å². The van der Waals surface area contributed by atoms with Crippen molar-refractivity contribution in [3.05, 3.63) is 102 Å². The van der Waals surface area contributed by atoms with E-state index in [2.05, 4.69) is 27.5 Å². The van der Waals surface area contributed by atoms with Gasteiger partial charge in [-0.15, -0.1) is 0 Å². The Morgan fingerprint density at radius 2 is 1.87 bits per heavy atom. The number of hydrogen-bond acceptors (Lipinski definition) is 6. The Labute approximate surface area is 177 Å². The molecule has 0 atom stereocenters. The highest BCUT2D eigenvalue weighted by Crippen LogP contribution is 2.31. The van der Waals surface area contributed by atoms with E-state index in [-0.39, 0.29) is 22.8 Å². The molecule has 2 N–H and O–H groups in total. The summed E-state index contributed by atoms with van der Waals surface area (Å²) in [6.07, 6.45) is 4.04. The minimum Gasteiger partial charge on any atom is -0.394 e. The molecule has 0 aliphatic carbocycles. The van der Waals surface area contributed by atoms with E-state index in [1.54, 1.807) is 49.6 Å². The lowest BCUT2D eigenvalue weighted by Gasteiger charge is -2.25. The zero-order valence-corrected chi connectivity index (χ0v) is 17.0. The number of nitrogens with zero attached hydrogens (tertiary/aromatic N) is 4. The molecule has 0 bridgehead atoms. The van der Waals surface area contributed by atoms with Gasteiger partial charge in [0.1, 0.15) is 11.6 Å². The van der Waals surface area contributed by atoms with Crippen LogP contribution in [-0.2, 0) is 0 Å². The van der Waals surface area contributed by atoms with Gasteiger partial charge < -0.3 is 10.6 Å². The van der Waals surface area contributed by atoms with Gasteiger partial charge in [0.2, 0.25) is 0 Å². The molecule has 30 heavy (non-hydrogen) atoms. The fourth-order valence-electron chi connectivity index (χ4n) is 2.80. The van der Waals surface area contributed by atoms with Crippen molar-refractivity contribution < 1.29 is 8.78 Å². The predicted molar refractivity (Wildman–Crippen MR) is 117 cm³/mol. The molecule has 0 unspecified atom stereocenters. The van der Waals surface area contributed by atoms with Gasteiger partial charge >= 0.3 is 0 Å². The Morgan fingerprint density at radius 3 is 2.50 bits per heavy atom. The largest absolute Gasteiger partial charge is 0.394 e. The Morgan fingerprint density at radius 1 is 1.13 bits per heavy atom. The second-order valence-electron chi connectivity index (χ2n) is 6.08.